The van der Waals surface area contributed by atoms with Gasteiger partial charge in [-0.15, -0.1) is 0 Å². The standard InChI is InChI=1S/C14H12F3N3O/c15-14(16,17)13(21)10-4-6-19(7-10)8-11-9-20-5-2-1-3-12(20)18-11/h1-7,9,13,21H,8H2. The maximum Gasteiger partial charge on any atom is 0.418 e. The van der Waals surface area contributed by atoms with E-state index in [9.17, 15) is 18.3 Å². The van der Waals surface area contributed by atoms with Gasteiger partial charge in [0, 0.05) is 30.4 Å². The number of hydrogen-bond acceptors (Lipinski definition) is 2. The van der Waals surface area contributed by atoms with E-state index in [0.29, 0.717) is 6.54 Å². The number of hydrogen-bond donors (Lipinski definition) is 1. The minimum Gasteiger partial charge on any atom is -0.379 e. The normalized spacial score (nSPS) is 13.7. The summed E-state index contributed by atoms with van der Waals surface area (Å²) >= 11 is 0. The summed E-state index contributed by atoms with van der Waals surface area (Å²) in [6.07, 6.45) is -0.679. The first-order chi connectivity index (χ1) is 9.93. The Morgan fingerprint density at radius 2 is 1.95 bits per heavy atom. The van der Waals surface area contributed by atoms with Gasteiger partial charge in [0.2, 0.25) is 0 Å². The maximum absolute atomic E-state index is 12.4. The molecule has 0 saturated carbocycles. The van der Waals surface area contributed by atoms with Crippen LogP contribution in [0.3, 0.4) is 0 Å². The number of aliphatic hydroxyl groups is 1. The Balaban J connectivity index is 1.81. The molecule has 0 bridgehead atoms. The third-order valence-electron chi connectivity index (χ3n) is 3.16. The van der Waals surface area contributed by atoms with Crippen molar-refractivity contribution >= 4 is 5.65 Å². The second-order valence-electron chi connectivity index (χ2n) is 4.76. The smallest absolute Gasteiger partial charge is 0.379 e. The van der Waals surface area contributed by atoms with Crippen LogP contribution in [0.1, 0.15) is 17.4 Å². The summed E-state index contributed by atoms with van der Waals surface area (Å²) in [6, 6.07) is 6.83. The molecule has 3 rings (SSSR count). The van der Waals surface area contributed by atoms with Crippen LogP contribution in [0.15, 0.2) is 49.1 Å². The molecule has 0 aromatic carbocycles. The van der Waals surface area contributed by atoms with E-state index in [1.165, 1.54) is 18.5 Å². The van der Waals surface area contributed by atoms with Crippen molar-refractivity contribution in [1.29, 1.82) is 0 Å². The van der Waals surface area contributed by atoms with Gasteiger partial charge in [0.25, 0.3) is 0 Å². The molecule has 0 aliphatic heterocycles. The first-order valence-corrected chi connectivity index (χ1v) is 6.26. The predicted octanol–water partition coefficient (Wildman–Crippen LogP) is 2.78. The van der Waals surface area contributed by atoms with Gasteiger partial charge in [-0.05, 0) is 18.2 Å². The Bertz CT molecular complexity index is 727. The van der Waals surface area contributed by atoms with Crippen molar-refractivity contribution in [2.45, 2.75) is 18.8 Å². The van der Waals surface area contributed by atoms with Crippen LogP contribution >= 0.6 is 0 Å². The fourth-order valence-electron chi connectivity index (χ4n) is 2.16. The highest BCUT2D eigenvalue weighted by Crippen LogP contribution is 2.32. The number of nitrogens with zero attached hydrogens (tertiary/aromatic N) is 3. The van der Waals surface area contributed by atoms with Gasteiger partial charge in [-0.2, -0.15) is 13.2 Å². The van der Waals surface area contributed by atoms with Gasteiger partial charge in [0.1, 0.15) is 5.65 Å². The van der Waals surface area contributed by atoms with Crippen molar-refractivity contribution < 1.29 is 18.3 Å². The minimum atomic E-state index is -4.66. The first-order valence-electron chi connectivity index (χ1n) is 6.26. The Hall–Kier alpha value is -2.28. The summed E-state index contributed by atoms with van der Waals surface area (Å²) in [5, 5.41) is 9.19. The van der Waals surface area contributed by atoms with Crippen LogP contribution in [0.4, 0.5) is 13.2 Å². The average Bonchev–Trinajstić information content (AvgIpc) is 3.03. The molecule has 1 N–H and O–H groups in total. The van der Waals surface area contributed by atoms with Crippen LogP contribution in [0.2, 0.25) is 0 Å². The number of rotatable bonds is 3. The molecule has 3 aromatic rings. The van der Waals surface area contributed by atoms with E-state index < -0.39 is 12.3 Å². The SMILES string of the molecule is OC(c1ccn(Cc2cn3ccccc3n2)c1)C(F)(F)F. The first kappa shape index (κ1) is 13.7. The zero-order valence-corrected chi connectivity index (χ0v) is 10.8. The van der Waals surface area contributed by atoms with Crippen LogP contribution in [0.5, 0.6) is 0 Å². The van der Waals surface area contributed by atoms with Gasteiger partial charge in [-0.1, -0.05) is 6.07 Å². The highest BCUT2D eigenvalue weighted by molar-refractivity contribution is 5.39. The second-order valence-corrected chi connectivity index (χ2v) is 4.76. The summed E-state index contributed by atoms with van der Waals surface area (Å²) < 4.78 is 40.7. The van der Waals surface area contributed by atoms with Crippen LogP contribution in [0.25, 0.3) is 5.65 Å². The Labute approximate surface area is 118 Å². The third kappa shape index (κ3) is 2.78. The summed E-state index contributed by atoms with van der Waals surface area (Å²) in [5.41, 5.74) is 1.33. The quantitative estimate of drug-likeness (QED) is 0.807. The van der Waals surface area contributed by atoms with Crippen LogP contribution in [-0.2, 0) is 6.54 Å². The van der Waals surface area contributed by atoms with Gasteiger partial charge < -0.3 is 14.1 Å². The van der Waals surface area contributed by atoms with Gasteiger partial charge >= 0.3 is 6.18 Å². The van der Waals surface area contributed by atoms with Crippen molar-refractivity contribution in [1.82, 2.24) is 14.0 Å². The minimum absolute atomic E-state index is 0.175. The van der Waals surface area contributed by atoms with Gasteiger partial charge in [-0.3, -0.25) is 0 Å². The average molecular weight is 295 g/mol. The van der Waals surface area contributed by atoms with Crippen molar-refractivity contribution in [3.05, 3.63) is 60.3 Å². The number of alkyl halides is 3. The molecule has 0 spiro atoms. The summed E-state index contributed by atoms with van der Waals surface area (Å²) in [5.74, 6) is 0. The van der Waals surface area contributed by atoms with E-state index in [4.69, 9.17) is 0 Å². The molecule has 0 radical (unpaired) electrons. The van der Waals surface area contributed by atoms with E-state index in [2.05, 4.69) is 4.98 Å². The topological polar surface area (TPSA) is 42.5 Å². The fraction of sp³-hybridized carbons (Fsp3) is 0.214. The molecule has 1 unspecified atom stereocenters. The largest absolute Gasteiger partial charge is 0.418 e. The van der Waals surface area contributed by atoms with E-state index in [0.717, 1.165) is 11.3 Å². The highest BCUT2D eigenvalue weighted by atomic mass is 19.4. The lowest BCUT2D eigenvalue weighted by Crippen LogP contribution is -2.19. The monoisotopic (exact) mass is 295 g/mol. The van der Waals surface area contributed by atoms with Gasteiger partial charge in [0.05, 0.1) is 12.2 Å². The lowest BCUT2D eigenvalue weighted by atomic mass is 10.2. The molecule has 21 heavy (non-hydrogen) atoms. The predicted molar refractivity (Wildman–Crippen MR) is 69.7 cm³/mol. The zero-order valence-electron chi connectivity index (χ0n) is 10.8. The summed E-state index contributed by atoms with van der Waals surface area (Å²) in [4.78, 5) is 4.37. The Morgan fingerprint density at radius 3 is 2.67 bits per heavy atom. The van der Waals surface area contributed by atoms with Gasteiger partial charge in [0.15, 0.2) is 6.10 Å². The van der Waals surface area contributed by atoms with Crippen LogP contribution in [0, 0.1) is 0 Å². The molecular formula is C14H12F3N3O. The lowest BCUT2D eigenvalue weighted by Gasteiger charge is -2.12. The molecule has 110 valence electrons. The van der Waals surface area contributed by atoms with Crippen molar-refractivity contribution in [3.63, 3.8) is 0 Å². The number of aliphatic hydroxyl groups excluding tert-OH is 1. The molecule has 3 heterocycles. The molecular weight excluding hydrogens is 283 g/mol. The van der Waals surface area contributed by atoms with Crippen molar-refractivity contribution in [2.24, 2.45) is 0 Å². The van der Waals surface area contributed by atoms with E-state index in [1.54, 1.807) is 4.57 Å². The Kier molecular flexibility index (Phi) is 3.21. The van der Waals surface area contributed by atoms with Crippen LogP contribution < -0.4 is 0 Å². The fourth-order valence-corrected chi connectivity index (χ4v) is 2.16. The van der Waals surface area contributed by atoms with Gasteiger partial charge in [-0.25, -0.2) is 4.98 Å². The molecule has 0 saturated heterocycles. The number of fused-ring (bicyclic) bond motifs is 1. The van der Waals surface area contributed by atoms with Crippen molar-refractivity contribution in [3.8, 4) is 0 Å². The lowest BCUT2D eigenvalue weighted by molar-refractivity contribution is -0.206. The molecule has 3 aromatic heterocycles. The molecule has 0 amide bonds. The Morgan fingerprint density at radius 1 is 1.14 bits per heavy atom. The maximum atomic E-state index is 12.4. The highest BCUT2D eigenvalue weighted by Gasteiger charge is 2.39. The third-order valence-corrected chi connectivity index (χ3v) is 3.16. The number of imidazole rings is 1. The molecule has 0 aliphatic carbocycles. The van der Waals surface area contributed by atoms with E-state index >= 15 is 0 Å². The van der Waals surface area contributed by atoms with Crippen LogP contribution in [-0.4, -0.2) is 25.2 Å². The molecule has 0 fully saturated rings. The van der Waals surface area contributed by atoms with Crippen molar-refractivity contribution in [2.75, 3.05) is 0 Å². The number of aromatic nitrogens is 3. The number of pyridine rings is 1. The summed E-state index contributed by atoms with van der Waals surface area (Å²) in [7, 11) is 0. The molecule has 7 heteroatoms. The molecule has 4 nitrogen and oxygen atoms in total. The molecule has 0 aliphatic rings. The second kappa shape index (κ2) is 4.92. The van der Waals surface area contributed by atoms with E-state index in [-0.39, 0.29) is 5.56 Å². The summed E-state index contributed by atoms with van der Waals surface area (Å²) in [6.45, 7) is 0.340. The van der Waals surface area contributed by atoms with E-state index in [1.807, 2.05) is 35.0 Å². The molecule has 1 atom stereocenters. The number of halogens is 3. The zero-order chi connectivity index (χ0) is 15.0.